The number of carbonyl (C=O) groups excluding carboxylic acids is 5. The first-order chi connectivity index (χ1) is 30.2. The molecule has 62 heavy (non-hydrogen) atoms. The largest absolute Gasteiger partial charge is 0.494 e. The van der Waals surface area contributed by atoms with Crippen LogP contribution in [0.2, 0.25) is 0 Å². The van der Waals surface area contributed by atoms with Crippen molar-refractivity contribution in [1.29, 1.82) is 0 Å². The van der Waals surface area contributed by atoms with E-state index in [1.54, 1.807) is 30.3 Å². The minimum atomic E-state index is -0.717. The molecule has 0 unspecified atom stereocenters. The van der Waals surface area contributed by atoms with Crippen molar-refractivity contribution in [3.8, 4) is 28.7 Å². The molecule has 0 bridgehead atoms. The van der Waals surface area contributed by atoms with Crippen molar-refractivity contribution >= 4 is 29.8 Å². The van der Waals surface area contributed by atoms with Crippen LogP contribution in [0.4, 0.5) is 0 Å². The van der Waals surface area contributed by atoms with E-state index in [9.17, 15) is 24.0 Å². The van der Waals surface area contributed by atoms with Gasteiger partial charge < -0.3 is 28.4 Å². The molecule has 0 aliphatic rings. The zero-order chi connectivity index (χ0) is 43.9. The normalized spacial score (nSPS) is 10.7. The third-order valence-electron chi connectivity index (χ3n) is 9.77. The molecule has 11 heteroatoms. The van der Waals surface area contributed by atoms with Crippen LogP contribution in [0.15, 0.2) is 121 Å². The maximum Gasteiger partial charge on any atom is 0.343 e. The van der Waals surface area contributed by atoms with Crippen LogP contribution in [0.3, 0.4) is 0 Å². The van der Waals surface area contributed by atoms with Gasteiger partial charge in [0, 0.05) is 0 Å². The molecule has 0 spiro atoms. The van der Waals surface area contributed by atoms with Gasteiger partial charge in [0.15, 0.2) is 0 Å². The molecular formula is C51H54O11. The molecule has 324 valence electrons. The zero-order valence-corrected chi connectivity index (χ0v) is 35.4. The molecule has 0 aromatic heterocycles. The number of rotatable bonds is 24. The van der Waals surface area contributed by atoms with Gasteiger partial charge in [0.05, 0.1) is 41.0 Å². The average molecular weight is 843 g/mol. The van der Waals surface area contributed by atoms with Gasteiger partial charge in [0.25, 0.3) is 0 Å². The van der Waals surface area contributed by atoms with E-state index in [-0.39, 0.29) is 39.7 Å². The lowest BCUT2D eigenvalue weighted by Gasteiger charge is -2.09. The number of esters is 5. The summed E-state index contributed by atoms with van der Waals surface area (Å²) in [4.78, 5) is 63.8. The highest BCUT2D eigenvalue weighted by molar-refractivity contribution is 5.95. The molecular weight excluding hydrogens is 789 g/mol. The van der Waals surface area contributed by atoms with Crippen LogP contribution < -0.4 is 23.7 Å². The van der Waals surface area contributed by atoms with Gasteiger partial charge >= 0.3 is 29.8 Å². The van der Waals surface area contributed by atoms with Gasteiger partial charge in [-0.1, -0.05) is 84.1 Å². The van der Waals surface area contributed by atoms with Crippen LogP contribution in [0.25, 0.3) is 0 Å². The van der Waals surface area contributed by atoms with Crippen LogP contribution in [-0.2, 0) is 4.74 Å². The molecule has 0 amide bonds. The molecule has 0 aliphatic carbocycles. The molecule has 0 aliphatic heterocycles. The molecule has 5 rings (SSSR count). The highest BCUT2D eigenvalue weighted by Crippen LogP contribution is 2.22. The number of unbranched alkanes of at least 4 members (excludes halogenated alkanes) is 10. The van der Waals surface area contributed by atoms with E-state index in [0.29, 0.717) is 30.1 Å². The summed E-state index contributed by atoms with van der Waals surface area (Å²) in [5.74, 6) is -1.58. The molecule has 0 fully saturated rings. The van der Waals surface area contributed by atoms with Crippen LogP contribution in [-0.4, -0.2) is 43.1 Å². The second kappa shape index (κ2) is 25.1. The Morgan fingerprint density at radius 1 is 0.339 bits per heavy atom. The molecule has 0 N–H and O–H groups in total. The molecule has 5 aromatic rings. The maximum absolute atomic E-state index is 13.0. The Balaban J connectivity index is 1.04. The first-order valence-electron chi connectivity index (χ1n) is 21.4. The molecule has 11 nitrogen and oxygen atoms in total. The topological polar surface area (TPSA) is 141 Å². The van der Waals surface area contributed by atoms with Gasteiger partial charge in [-0.05, 0) is 128 Å². The first kappa shape index (κ1) is 46.3. The third kappa shape index (κ3) is 15.4. The summed E-state index contributed by atoms with van der Waals surface area (Å²) in [6.45, 7) is 5.36. The van der Waals surface area contributed by atoms with Gasteiger partial charge in [-0.25, -0.2) is 24.0 Å². The Labute approximate surface area is 363 Å². The highest BCUT2D eigenvalue weighted by atomic mass is 16.6. The summed E-state index contributed by atoms with van der Waals surface area (Å²) >= 11 is 0. The van der Waals surface area contributed by atoms with Crippen LogP contribution in [0.5, 0.6) is 28.7 Å². The van der Waals surface area contributed by atoms with E-state index >= 15 is 0 Å². The Morgan fingerprint density at radius 2 is 0.694 bits per heavy atom. The summed E-state index contributed by atoms with van der Waals surface area (Å²) < 4.78 is 33.1. The number of hydrogen-bond donors (Lipinski definition) is 0. The second-order valence-electron chi connectivity index (χ2n) is 14.7. The summed E-state index contributed by atoms with van der Waals surface area (Å²) in [5.41, 5.74) is 1.24. The Hall–Kier alpha value is -6.75. The maximum atomic E-state index is 13.0. The smallest absolute Gasteiger partial charge is 0.343 e. The van der Waals surface area contributed by atoms with E-state index in [2.05, 4.69) is 13.8 Å². The number of hydrogen-bond acceptors (Lipinski definition) is 11. The van der Waals surface area contributed by atoms with Gasteiger partial charge in [-0.15, -0.1) is 0 Å². The van der Waals surface area contributed by atoms with Crippen molar-refractivity contribution in [3.05, 3.63) is 149 Å². The predicted octanol–water partition coefficient (Wildman–Crippen LogP) is 11.8. The lowest BCUT2D eigenvalue weighted by molar-refractivity contribution is 0.0496. The van der Waals surface area contributed by atoms with Crippen LogP contribution in [0.1, 0.15) is 143 Å². The summed E-state index contributed by atoms with van der Waals surface area (Å²) in [5, 5.41) is 0. The Kier molecular flexibility index (Phi) is 18.8. The fourth-order valence-electron chi connectivity index (χ4n) is 6.22. The Morgan fingerprint density at radius 3 is 1.15 bits per heavy atom. The van der Waals surface area contributed by atoms with Crippen molar-refractivity contribution in [1.82, 2.24) is 0 Å². The monoisotopic (exact) mass is 842 g/mol. The van der Waals surface area contributed by atoms with Crippen molar-refractivity contribution in [2.75, 3.05) is 13.2 Å². The fourth-order valence-corrected chi connectivity index (χ4v) is 6.22. The zero-order valence-electron chi connectivity index (χ0n) is 35.4. The molecule has 0 saturated carbocycles. The lowest BCUT2D eigenvalue weighted by Crippen LogP contribution is -2.12. The summed E-state index contributed by atoms with van der Waals surface area (Å²) in [6, 6.07) is 30.5. The average Bonchev–Trinajstić information content (AvgIpc) is 3.29. The van der Waals surface area contributed by atoms with Crippen LogP contribution in [0, 0.1) is 0 Å². The quantitative estimate of drug-likeness (QED) is 0.0333. The Bertz CT molecular complexity index is 2190. The van der Waals surface area contributed by atoms with Gasteiger partial charge in [0.1, 0.15) is 28.7 Å². The first-order valence-corrected chi connectivity index (χ1v) is 21.4. The lowest BCUT2D eigenvalue weighted by atomic mass is 10.1. The molecule has 0 heterocycles. The standard InChI is InChI=1S/C51H54O11/c1-3-5-7-9-11-13-34-57-42-26-18-38(19-27-42)48(53)60-44-30-24-40(25-31-44)50(55)62-46-17-15-16-41(36-46)51(56)61-45-32-22-39(23-33-45)49(54)59-43-28-20-37(21-29-43)47(52)58-35-14-12-10-8-6-4-2/h15-33,36H,3-14,34-35H2,1-2H3. The van der Waals surface area contributed by atoms with Crippen molar-refractivity contribution in [2.45, 2.75) is 90.9 Å². The minimum absolute atomic E-state index is 0.107. The summed E-state index contributed by atoms with van der Waals surface area (Å²) in [6.07, 6.45) is 13.6. The van der Waals surface area contributed by atoms with Crippen LogP contribution >= 0.6 is 0 Å². The number of benzene rings is 5. The van der Waals surface area contributed by atoms with E-state index in [1.807, 2.05) is 0 Å². The minimum Gasteiger partial charge on any atom is -0.494 e. The van der Waals surface area contributed by atoms with Gasteiger partial charge in [0.2, 0.25) is 0 Å². The van der Waals surface area contributed by atoms with E-state index in [1.165, 1.54) is 136 Å². The second-order valence-corrected chi connectivity index (χ2v) is 14.7. The van der Waals surface area contributed by atoms with Crippen molar-refractivity contribution < 1.29 is 52.4 Å². The molecule has 0 radical (unpaired) electrons. The molecule has 5 aromatic carbocycles. The van der Waals surface area contributed by atoms with Crippen molar-refractivity contribution in [3.63, 3.8) is 0 Å². The summed E-state index contributed by atoms with van der Waals surface area (Å²) in [7, 11) is 0. The molecule has 0 saturated heterocycles. The van der Waals surface area contributed by atoms with Gasteiger partial charge in [-0.3, -0.25) is 0 Å². The third-order valence-corrected chi connectivity index (χ3v) is 9.77. The molecule has 0 atom stereocenters. The number of ether oxygens (including phenoxy) is 6. The van der Waals surface area contributed by atoms with Crippen molar-refractivity contribution in [2.24, 2.45) is 0 Å². The predicted molar refractivity (Wildman–Crippen MR) is 235 cm³/mol. The fraction of sp³-hybridized carbons (Fsp3) is 0.314. The van der Waals surface area contributed by atoms with E-state index < -0.39 is 29.8 Å². The number of carbonyl (C=O) groups is 5. The SMILES string of the molecule is CCCCCCCCOC(=O)c1ccc(OC(=O)c2ccc(OC(=O)c3cccc(OC(=O)c4ccc(OC(=O)c5ccc(OCCCCCCCC)cc5)cc4)c3)cc2)cc1. The van der Waals surface area contributed by atoms with E-state index in [4.69, 9.17) is 28.4 Å². The highest BCUT2D eigenvalue weighted by Gasteiger charge is 2.16. The van der Waals surface area contributed by atoms with E-state index in [0.717, 1.165) is 32.1 Å². The van der Waals surface area contributed by atoms with Gasteiger partial charge in [-0.2, -0.15) is 0 Å².